The zero-order valence-electron chi connectivity index (χ0n) is 21.9. The molecule has 0 saturated heterocycles. The summed E-state index contributed by atoms with van der Waals surface area (Å²) in [4.78, 5) is 18.7. The van der Waals surface area contributed by atoms with Crippen molar-refractivity contribution in [1.29, 1.82) is 0 Å². The van der Waals surface area contributed by atoms with Crippen LogP contribution in [-0.4, -0.2) is 50.5 Å². The number of sulfonamides is 1. The summed E-state index contributed by atoms with van der Waals surface area (Å²) in [7, 11) is -3.75. The number of allylic oxidation sites excluding steroid dienone is 7. The van der Waals surface area contributed by atoms with E-state index in [2.05, 4.69) is 22.9 Å². The average Bonchev–Trinajstić information content (AvgIpc) is 2.84. The molecule has 1 aromatic heterocycles. The fraction of sp³-hybridized carbons (Fsp3) is 0.429. The van der Waals surface area contributed by atoms with E-state index >= 15 is 0 Å². The van der Waals surface area contributed by atoms with Gasteiger partial charge in [0.15, 0.2) is 0 Å². The highest BCUT2D eigenvalue weighted by Crippen LogP contribution is 2.18. The lowest BCUT2D eigenvalue weighted by Crippen LogP contribution is -2.33. The van der Waals surface area contributed by atoms with Crippen molar-refractivity contribution in [2.45, 2.75) is 46.5 Å². The third-order valence-electron chi connectivity index (χ3n) is 5.37. The van der Waals surface area contributed by atoms with E-state index in [1.807, 2.05) is 45.1 Å². The van der Waals surface area contributed by atoms with E-state index in [9.17, 15) is 13.2 Å². The number of nitrogens with zero attached hydrogens (tertiary/aromatic N) is 2. The zero-order chi connectivity index (χ0) is 26.8. The number of nitrogens with one attached hydrogen (secondary N) is 1. The van der Waals surface area contributed by atoms with Crippen LogP contribution in [0.15, 0.2) is 78.8 Å². The van der Waals surface area contributed by atoms with Crippen molar-refractivity contribution in [2.75, 3.05) is 31.0 Å². The van der Waals surface area contributed by atoms with Gasteiger partial charge in [0.2, 0.25) is 5.91 Å². The van der Waals surface area contributed by atoms with E-state index in [0.29, 0.717) is 38.4 Å². The van der Waals surface area contributed by atoms with Gasteiger partial charge in [-0.3, -0.25) is 9.52 Å². The summed E-state index contributed by atoms with van der Waals surface area (Å²) in [5, 5.41) is 1.14. The summed E-state index contributed by atoms with van der Waals surface area (Å²) < 4.78 is 32.9. The Morgan fingerprint density at radius 2 is 2.03 bits per heavy atom. The van der Waals surface area contributed by atoms with Crippen LogP contribution in [0.4, 0.5) is 5.82 Å². The predicted molar refractivity (Wildman–Crippen MR) is 149 cm³/mol. The second-order valence-electron chi connectivity index (χ2n) is 8.17. The lowest BCUT2D eigenvalue weighted by atomic mass is 9.96. The van der Waals surface area contributed by atoms with Gasteiger partial charge in [0, 0.05) is 37.6 Å². The molecule has 198 valence electrons. The van der Waals surface area contributed by atoms with Crippen LogP contribution >= 0.6 is 0 Å². The molecule has 0 bridgehead atoms. The van der Waals surface area contributed by atoms with Gasteiger partial charge in [-0.05, 0) is 52.2 Å². The fourth-order valence-corrected chi connectivity index (χ4v) is 4.20. The van der Waals surface area contributed by atoms with Crippen molar-refractivity contribution in [1.82, 2.24) is 9.88 Å². The summed E-state index contributed by atoms with van der Waals surface area (Å²) in [5.74, 6) is 0.139. The lowest BCUT2D eigenvalue weighted by Gasteiger charge is -2.20. The minimum atomic E-state index is -3.75. The number of pyridine rings is 1. The van der Waals surface area contributed by atoms with Crippen LogP contribution in [0.1, 0.15) is 45.7 Å². The standard InChI is InChI=1S/C28H41N3O4S/c1-6-10-11-12-16-24(5)25(7-2)17-14-22-36(33,34)30-27-19-13-18-26(29-27)23-28(32)31(8-3)20-15-21-35-9-4/h6-7,11-14,16,18-19,22,25H,1-2,8-10,15,17,20-21,23H2,3-5H3,(H,29,30)/b12-11?,22-14+,24-16+. The van der Waals surface area contributed by atoms with Crippen molar-refractivity contribution in [3.05, 3.63) is 84.5 Å². The van der Waals surface area contributed by atoms with Gasteiger partial charge in [-0.15, -0.1) is 13.2 Å². The Balaban J connectivity index is 2.74. The molecule has 0 aliphatic rings. The van der Waals surface area contributed by atoms with Crippen LogP contribution in [0.2, 0.25) is 0 Å². The summed E-state index contributed by atoms with van der Waals surface area (Å²) in [6.45, 7) is 15.9. The van der Waals surface area contributed by atoms with Crippen molar-refractivity contribution < 1.29 is 17.9 Å². The average molecular weight is 516 g/mol. The van der Waals surface area contributed by atoms with E-state index in [1.165, 1.54) is 0 Å². The topological polar surface area (TPSA) is 88.6 Å². The van der Waals surface area contributed by atoms with Crippen molar-refractivity contribution in [2.24, 2.45) is 5.92 Å². The molecule has 1 amide bonds. The van der Waals surface area contributed by atoms with Gasteiger partial charge in [-0.2, -0.15) is 0 Å². The molecule has 1 heterocycles. The third-order valence-corrected chi connectivity index (χ3v) is 6.42. The maximum Gasteiger partial charge on any atom is 0.255 e. The normalized spacial score (nSPS) is 13.1. The number of hydrogen-bond donors (Lipinski definition) is 1. The number of likely N-dealkylation sites (N-methyl/N-ethyl adjacent to an activating group) is 1. The molecule has 8 heteroatoms. The zero-order valence-corrected chi connectivity index (χ0v) is 22.7. The number of ether oxygens (including phenoxy) is 1. The highest BCUT2D eigenvalue weighted by atomic mass is 32.2. The monoisotopic (exact) mass is 515 g/mol. The molecular weight excluding hydrogens is 474 g/mol. The van der Waals surface area contributed by atoms with Gasteiger partial charge < -0.3 is 9.64 Å². The molecule has 1 aromatic rings. The van der Waals surface area contributed by atoms with Crippen LogP contribution in [0, 0.1) is 5.92 Å². The Labute approximate surface area is 217 Å². The van der Waals surface area contributed by atoms with Gasteiger partial charge in [0.1, 0.15) is 5.82 Å². The van der Waals surface area contributed by atoms with E-state index in [0.717, 1.165) is 23.8 Å². The molecule has 0 aromatic carbocycles. The van der Waals surface area contributed by atoms with E-state index in [4.69, 9.17) is 4.74 Å². The van der Waals surface area contributed by atoms with Crippen molar-refractivity contribution in [3.63, 3.8) is 0 Å². The first-order valence-corrected chi connectivity index (χ1v) is 13.9. The van der Waals surface area contributed by atoms with E-state index < -0.39 is 10.0 Å². The molecule has 1 N–H and O–H groups in total. The SMILES string of the molecule is C=CCC=C/C=C(\C)C(C=C)C/C=C/S(=O)(=O)Nc1cccc(CC(=O)N(CC)CCCOCC)n1. The second kappa shape index (κ2) is 17.5. The largest absolute Gasteiger partial charge is 0.382 e. The smallest absolute Gasteiger partial charge is 0.255 e. The maximum atomic E-state index is 12.7. The van der Waals surface area contributed by atoms with Gasteiger partial charge in [-0.25, -0.2) is 13.4 Å². The summed E-state index contributed by atoms with van der Waals surface area (Å²) in [6.07, 6.45) is 13.3. The molecule has 1 atom stereocenters. The number of aromatic nitrogens is 1. The molecule has 0 fully saturated rings. The van der Waals surface area contributed by atoms with Gasteiger partial charge in [0.05, 0.1) is 12.1 Å². The van der Waals surface area contributed by atoms with Crippen LogP contribution in [0.5, 0.6) is 0 Å². The number of hydrogen-bond acceptors (Lipinski definition) is 5. The number of carbonyl (C=O) groups excluding carboxylic acids is 1. The quantitative estimate of drug-likeness (QED) is 0.160. The second-order valence-corrected chi connectivity index (χ2v) is 9.74. The number of amides is 1. The summed E-state index contributed by atoms with van der Waals surface area (Å²) in [6, 6.07) is 4.96. The predicted octanol–water partition coefficient (Wildman–Crippen LogP) is 5.43. The van der Waals surface area contributed by atoms with Crippen LogP contribution in [0.25, 0.3) is 0 Å². The lowest BCUT2D eigenvalue weighted by molar-refractivity contribution is -0.130. The Bertz CT molecular complexity index is 1030. The molecule has 1 rings (SSSR count). The molecule has 1 unspecified atom stereocenters. The highest BCUT2D eigenvalue weighted by Gasteiger charge is 2.14. The Kier molecular flexibility index (Phi) is 15.1. The minimum Gasteiger partial charge on any atom is -0.382 e. The molecule has 7 nitrogen and oxygen atoms in total. The first kappa shape index (κ1) is 31.1. The van der Waals surface area contributed by atoms with Crippen molar-refractivity contribution in [3.8, 4) is 0 Å². The first-order valence-electron chi connectivity index (χ1n) is 12.3. The van der Waals surface area contributed by atoms with Crippen LogP contribution in [-0.2, 0) is 26.0 Å². The number of rotatable bonds is 18. The Morgan fingerprint density at radius 1 is 1.25 bits per heavy atom. The molecule has 0 spiro atoms. The number of carbonyl (C=O) groups is 1. The minimum absolute atomic E-state index is 0.0207. The van der Waals surface area contributed by atoms with Gasteiger partial charge >= 0.3 is 0 Å². The van der Waals surface area contributed by atoms with E-state index in [-0.39, 0.29) is 24.1 Å². The van der Waals surface area contributed by atoms with Crippen LogP contribution in [0.3, 0.4) is 0 Å². The Morgan fingerprint density at radius 3 is 2.69 bits per heavy atom. The van der Waals surface area contributed by atoms with Crippen LogP contribution < -0.4 is 4.72 Å². The molecular formula is C28H41N3O4S. The summed E-state index contributed by atoms with van der Waals surface area (Å²) >= 11 is 0. The van der Waals surface area contributed by atoms with Crippen molar-refractivity contribution >= 4 is 21.7 Å². The molecule has 0 saturated carbocycles. The fourth-order valence-electron chi connectivity index (χ4n) is 3.36. The van der Waals surface area contributed by atoms with E-state index in [1.54, 1.807) is 35.3 Å². The third kappa shape index (κ3) is 12.7. The maximum absolute atomic E-state index is 12.7. The molecule has 0 aliphatic carbocycles. The Hall–Kier alpha value is -2.97. The number of anilines is 1. The first-order chi connectivity index (χ1) is 17.3. The van der Waals surface area contributed by atoms with Gasteiger partial charge in [-0.1, -0.05) is 48.1 Å². The highest BCUT2D eigenvalue weighted by molar-refractivity contribution is 7.95. The summed E-state index contributed by atoms with van der Waals surface area (Å²) in [5.41, 5.74) is 1.59. The molecule has 0 radical (unpaired) electrons. The molecule has 36 heavy (non-hydrogen) atoms. The van der Waals surface area contributed by atoms with Gasteiger partial charge in [0.25, 0.3) is 10.0 Å². The molecule has 0 aliphatic heterocycles.